The van der Waals surface area contributed by atoms with E-state index in [0.717, 1.165) is 0 Å². The quantitative estimate of drug-likeness (QED) is 0.430. The molecule has 1 aromatic carbocycles. The van der Waals surface area contributed by atoms with Crippen LogP contribution in [0.2, 0.25) is 0 Å². The number of hydrogen-bond donors (Lipinski definition) is 1. The molecule has 0 fully saturated rings. The number of allylic oxidation sites excluding steroid dienone is 2. The van der Waals surface area contributed by atoms with Crippen LogP contribution in [-0.4, -0.2) is 45.3 Å². The number of methoxy groups -OCH3 is 4. The van der Waals surface area contributed by atoms with Gasteiger partial charge in [-0.3, -0.25) is 10.1 Å². The SMILES string of the molecule is COC(=O)C1=C(C)NC(C)=C(C(=O)OC)C1c1cc(OC)c(OC)cc1[N+](=O)[O-]. The second kappa shape index (κ2) is 8.63. The van der Waals surface area contributed by atoms with Gasteiger partial charge in [0.1, 0.15) is 0 Å². The molecule has 1 aromatic rings. The average molecular weight is 406 g/mol. The molecule has 1 aliphatic heterocycles. The molecular formula is C19H22N2O8. The molecule has 0 aromatic heterocycles. The molecule has 0 spiro atoms. The van der Waals surface area contributed by atoms with E-state index in [1.54, 1.807) is 13.8 Å². The van der Waals surface area contributed by atoms with Crippen LogP contribution in [0.4, 0.5) is 5.69 Å². The van der Waals surface area contributed by atoms with E-state index in [0.29, 0.717) is 11.4 Å². The molecular weight excluding hydrogens is 384 g/mol. The van der Waals surface area contributed by atoms with Crippen LogP contribution < -0.4 is 14.8 Å². The summed E-state index contributed by atoms with van der Waals surface area (Å²) in [7, 11) is 5.09. The van der Waals surface area contributed by atoms with E-state index in [9.17, 15) is 19.7 Å². The molecule has 0 saturated carbocycles. The number of nitrogens with zero attached hydrogens (tertiary/aromatic N) is 1. The van der Waals surface area contributed by atoms with Gasteiger partial charge >= 0.3 is 11.9 Å². The van der Waals surface area contributed by atoms with Crippen molar-refractivity contribution in [2.75, 3.05) is 28.4 Å². The Kier molecular flexibility index (Phi) is 6.47. The van der Waals surface area contributed by atoms with Crippen molar-refractivity contribution in [2.45, 2.75) is 19.8 Å². The van der Waals surface area contributed by atoms with Gasteiger partial charge in [-0.25, -0.2) is 9.59 Å². The summed E-state index contributed by atoms with van der Waals surface area (Å²) in [5, 5.41) is 14.8. The lowest BCUT2D eigenvalue weighted by molar-refractivity contribution is -0.385. The normalized spacial score (nSPS) is 14.3. The fourth-order valence-electron chi connectivity index (χ4n) is 3.34. The predicted octanol–water partition coefficient (Wildman–Crippen LogP) is 2.19. The molecule has 0 bridgehead atoms. The van der Waals surface area contributed by atoms with Gasteiger partial charge in [-0.05, 0) is 19.9 Å². The van der Waals surface area contributed by atoms with Crippen molar-refractivity contribution < 1.29 is 33.5 Å². The number of ether oxygens (including phenoxy) is 4. The summed E-state index contributed by atoms with van der Waals surface area (Å²) in [6.45, 7) is 3.23. The molecule has 1 aliphatic rings. The first-order valence-electron chi connectivity index (χ1n) is 8.47. The van der Waals surface area contributed by atoms with Crippen LogP contribution in [0.15, 0.2) is 34.7 Å². The van der Waals surface area contributed by atoms with Crippen LogP contribution in [0.1, 0.15) is 25.3 Å². The Labute approximate surface area is 167 Å². The van der Waals surface area contributed by atoms with Gasteiger partial charge in [0.2, 0.25) is 0 Å². The summed E-state index contributed by atoms with van der Waals surface area (Å²) in [6.07, 6.45) is 0. The summed E-state index contributed by atoms with van der Waals surface area (Å²) < 4.78 is 20.2. The minimum Gasteiger partial charge on any atom is -0.493 e. The standard InChI is InChI=1S/C19H22N2O8/c1-9-15(18(22)28-5)17(16(10(2)20-9)19(23)29-6)11-7-13(26-3)14(27-4)8-12(11)21(24)25/h7-8,17,20H,1-6H3. The highest BCUT2D eigenvalue weighted by atomic mass is 16.6. The highest BCUT2D eigenvalue weighted by molar-refractivity contribution is 6.00. The molecule has 1 heterocycles. The number of hydrogen-bond acceptors (Lipinski definition) is 9. The molecule has 10 nitrogen and oxygen atoms in total. The van der Waals surface area contributed by atoms with Gasteiger partial charge in [0.15, 0.2) is 11.5 Å². The fourth-order valence-corrected chi connectivity index (χ4v) is 3.34. The molecule has 10 heteroatoms. The van der Waals surface area contributed by atoms with Crippen LogP contribution >= 0.6 is 0 Å². The lowest BCUT2D eigenvalue weighted by atomic mass is 9.79. The molecule has 156 valence electrons. The number of benzene rings is 1. The number of rotatable bonds is 6. The van der Waals surface area contributed by atoms with Gasteiger partial charge < -0.3 is 24.3 Å². The van der Waals surface area contributed by atoms with E-state index >= 15 is 0 Å². The highest BCUT2D eigenvalue weighted by Crippen LogP contribution is 2.46. The van der Waals surface area contributed by atoms with E-state index in [1.165, 1.54) is 40.6 Å². The molecule has 0 radical (unpaired) electrons. The fraction of sp³-hybridized carbons (Fsp3) is 0.368. The molecule has 1 N–H and O–H groups in total. The first-order chi connectivity index (χ1) is 13.7. The zero-order chi connectivity index (χ0) is 21.9. The molecule has 0 saturated heterocycles. The van der Waals surface area contributed by atoms with Gasteiger partial charge in [0, 0.05) is 17.0 Å². The average Bonchev–Trinajstić information content (AvgIpc) is 2.70. The number of dihydropyridines is 1. The van der Waals surface area contributed by atoms with Crippen molar-refractivity contribution in [3.05, 3.63) is 50.4 Å². The number of nitro groups is 1. The summed E-state index contributed by atoms with van der Waals surface area (Å²) in [6, 6.07) is 2.56. The summed E-state index contributed by atoms with van der Waals surface area (Å²) in [4.78, 5) is 36.3. The van der Waals surface area contributed by atoms with E-state index in [2.05, 4.69) is 5.32 Å². The summed E-state index contributed by atoms with van der Waals surface area (Å²) in [5.74, 6) is -2.25. The van der Waals surface area contributed by atoms with Gasteiger partial charge in [-0.15, -0.1) is 0 Å². The van der Waals surface area contributed by atoms with Crippen LogP contribution in [0, 0.1) is 10.1 Å². The van der Waals surface area contributed by atoms with E-state index < -0.39 is 22.8 Å². The minimum atomic E-state index is -1.11. The second-order valence-electron chi connectivity index (χ2n) is 6.14. The maximum atomic E-state index is 12.6. The van der Waals surface area contributed by atoms with Gasteiger partial charge in [0.05, 0.1) is 56.5 Å². The second-order valence-corrected chi connectivity index (χ2v) is 6.14. The zero-order valence-electron chi connectivity index (χ0n) is 16.9. The predicted molar refractivity (Wildman–Crippen MR) is 102 cm³/mol. The van der Waals surface area contributed by atoms with E-state index in [-0.39, 0.29) is 33.9 Å². The van der Waals surface area contributed by atoms with Gasteiger partial charge in [0.25, 0.3) is 5.69 Å². The number of carbonyl (C=O) groups excluding carboxylic acids is 2. The topological polar surface area (TPSA) is 126 Å². The highest BCUT2D eigenvalue weighted by Gasteiger charge is 2.41. The van der Waals surface area contributed by atoms with Gasteiger partial charge in [-0.2, -0.15) is 0 Å². The molecule has 0 aliphatic carbocycles. The Hall–Kier alpha value is -3.56. The maximum absolute atomic E-state index is 12.6. The van der Waals surface area contributed by atoms with Crippen LogP contribution in [0.5, 0.6) is 11.5 Å². The molecule has 0 amide bonds. The van der Waals surface area contributed by atoms with Crippen LogP contribution in [-0.2, 0) is 19.1 Å². The molecule has 2 rings (SSSR count). The smallest absolute Gasteiger partial charge is 0.336 e. The third-order valence-corrected chi connectivity index (χ3v) is 4.61. The Bertz CT molecular complexity index is 894. The molecule has 29 heavy (non-hydrogen) atoms. The first kappa shape index (κ1) is 21.7. The number of carbonyl (C=O) groups is 2. The van der Waals surface area contributed by atoms with Gasteiger partial charge in [-0.1, -0.05) is 0 Å². The van der Waals surface area contributed by atoms with Crippen molar-refractivity contribution >= 4 is 17.6 Å². The first-order valence-corrected chi connectivity index (χ1v) is 8.47. The zero-order valence-corrected chi connectivity index (χ0v) is 16.9. The summed E-state index contributed by atoms with van der Waals surface area (Å²) >= 11 is 0. The minimum absolute atomic E-state index is 0.0498. The van der Waals surface area contributed by atoms with Crippen molar-refractivity contribution in [2.24, 2.45) is 0 Å². The van der Waals surface area contributed by atoms with Crippen molar-refractivity contribution in [1.82, 2.24) is 5.32 Å². The Morgan fingerprint density at radius 1 is 0.931 bits per heavy atom. The Morgan fingerprint density at radius 2 is 1.38 bits per heavy atom. The Balaban J connectivity index is 2.93. The van der Waals surface area contributed by atoms with Crippen molar-refractivity contribution in [3.63, 3.8) is 0 Å². The lowest BCUT2D eigenvalue weighted by Gasteiger charge is -2.30. The number of nitro benzene ring substituents is 1. The van der Waals surface area contributed by atoms with Crippen LogP contribution in [0.25, 0.3) is 0 Å². The van der Waals surface area contributed by atoms with Crippen molar-refractivity contribution in [1.29, 1.82) is 0 Å². The third kappa shape index (κ3) is 3.86. The molecule has 0 unspecified atom stereocenters. The van der Waals surface area contributed by atoms with Crippen LogP contribution in [0.3, 0.4) is 0 Å². The largest absolute Gasteiger partial charge is 0.493 e. The van der Waals surface area contributed by atoms with Crippen molar-refractivity contribution in [3.8, 4) is 11.5 Å². The number of esters is 2. The molecule has 0 atom stereocenters. The summed E-state index contributed by atoms with van der Waals surface area (Å²) in [5.41, 5.74) is 0.612. The van der Waals surface area contributed by atoms with E-state index in [4.69, 9.17) is 18.9 Å². The third-order valence-electron chi connectivity index (χ3n) is 4.61. The van der Waals surface area contributed by atoms with E-state index in [1.807, 2.05) is 0 Å². The maximum Gasteiger partial charge on any atom is 0.336 e. The number of nitrogens with one attached hydrogen (secondary N) is 1. The lowest BCUT2D eigenvalue weighted by Crippen LogP contribution is -2.32. The Morgan fingerprint density at radius 3 is 1.76 bits per heavy atom. The monoisotopic (exact) mass is 406 g/mol.